The van der Waals surface area contributed by atoms with Gasteiger partial charge >= 0.3 is 5.97 Å². The first-order valence-electron chi connectivity index (χ1n) is 4.19. The van der Waals surface area contributed by atoms with Crippen molar-refractivity contribution in [2.24, 2.45) is 0 Å². The predicted octanol–water partition coefficient (Wildman–Crippen LogP) is 3.04. The Morgan fingerprint density at radius 2 is 2.12 bits per heavy atom. The van der Waals surface area contributed by atoms with Crippen molar-refractivity contribution in [2.75, 3.05) is 0 Å². The topological polar surface area (TPSA) is 50.2 Å². The van der Waals surface area contributed by atoms with E-state index >= 15 is 0 Å². The molecular formula is C9H7Cl2F2NO2. The highest BCUT2D eigenvalue weighted by Gasteiger charge is 2.18. The highest BCUT2D eigenvalue weighted by molar-refractivity contribution is 6.31. The molecule has 1 aromatic rings. The van der Waals surface area contributed by atoms with Gasteiger partial charge in [0, 0.05) is 5.56 Å². The highest BCUT2D eigenvalue weighted by atomic mass is 35.5. The van der Waals surface area contributed by atoms with Crippen LogP contribution in [-0.4, -0.2) is 16.1 Å². The zero-order valence-corrected chi connectivity index (χ0v) is 9.40. The van der Waals surface area contributed by atoms with Gasteiger partial charge in [0.2, 0.25) is 0 Å². The fraction of sp³-hybridized carbons (Fsp3) is 0.333. The average Bonchev–Trinajstić information content (AvgIpc) is 2.19. The Balaban J connectivity index is 3.20. The Labute approximate surface area is 100 Å². The molecule has 0 atom stereocenters. The number of carboxylic acid groups (broad SMARTS) is 1. The van der Waals surface area contributed by atoms with E-state index in [2.05, 4.69) is 4.98 Å². The number of nitrogens with zero attached hydrogens (tertiary/aromatic N) is 1. The molecule has 3 nitrogen and oxygen atoms in total. The first-order valence-corrected chi connectivity index (χ1v) is 5.11. The number of hydrogen-bond donors (Lipinski definition) is 1. The maximum atomic E-state index is 12.5. The van der Waals surface area contributed by atoms with Gasteiger partial charge in [0.25, 0.3) is 6.43 Å². The van der Waals surface area contributed by atoms with Crippen LogP contribution in [0.3, 0.4) is 0 Å². The van der Waals surface area contributed by atoms with Crippen LogP contribution in [-0.2, 0) is 17.1 Å². The summed E-state index contributed by atoms with van der Waals surface area (Å²) in [4.78, 5) is 14.2. The van der Waals surface area contributed by atoms with Crippen molar-refractivity contribution < 1.29 is 18.7 Å². The molecule has 0 amide bonds. The first-order chi connectivity index (χ1) is 7.45. The molecule has 1 aromatic heterocycles. The number of aromatic nitrogens is 1. The first kappa shape index (κ1) is 13.1. The summed E-state index contributed by atoms with van der Waals surface area (Å²) in [6.07, 6.45) is -3.16. The summed E-state index contributed by atoms with van der Waals surface area (Å²) in [6.45, 7) is 0. The van der Waals surface area contributed by atoms with Gasteiger partial charge in [-0.25, -0.2) is 8.78 Å². The molecule has 1 rings (SSSR count). The molecule has 0 radical (unpaired) electrons. The van der Waals surface area contributed by atoms with E-state index < -0.39 is 18.8 Å². The van der Waals surface area contributed by atoms with E-state index in [1.165, 1.54) is 0 Å². The second kappa shape index (κ2) is 5.41. The minimum absolute atomic E-state index is 0.0363. The Morgan fingerprint density at radius 1 is 1.50 bits per heavy atom. The minimum atomic E-state index is -2.74. The van der Waals surface area contributed by atoms with Crippen molar-refractivity contribution in [1.82, 2.24) is 4.98 Å². The number of rotatable bonds is 4. The Hall–Kier alpha value is -0.940. The van der Waals surface area contributed by atoms with Crippen LogP contribution in [0, 0.1) is 0 Å². The molecular weight excluding hydrogens is 263 g/mol. The van der Waals surface area contributed by atoms with E-state index in [1.807, 2.05) is 0 Å². The lowest BCUT2D eigenvalue weighted by molar-refractivity contribution is -0.136. The Kier molecular flexibility index (Phi) is 4.44. The van der Waals surface area contributed by atoms with Gasteiger partial charge in [0.15, 0.2) is 0 Å². The van der Waals surface area contributed by atoms with Crippen LogP contribution in [0.4, 0.5) is 8.78 Å². The molecule has 1 N–H and O–H groups in total. The lowest BCUT2D eigenvalue weighted by Crippen LogP contribution is -2.07. The fourth-order valence-corrected chi connectivity index (χ4v) is 1.59. The van der Waals surface area contributed by atoms with Crippen molar-refractivity contribution in [3.8, 4) is 0 Å². The van der Waals surface area contributed by atoms with Gasteiger partial charge in [0.1, 0.15) is 0 Å². The summed E-state index contributed by atoms with van der Waals surface area (Å²) in [6, 6.07) is 1.01. The number of aliphatic carboxylic acids is 1. The molecule has 0 aliphatic heterocycles. The largest absolute Gasteiger partial charge is 0.481 e. The molecule has 16 heavy (non-hydrogen) atoms. The van der Waals surface area contributed by atoms with Gasteiger partial charge < -0.3 is 5.11 Å². The molecule has 0 bridgehead atoms. The molecule has 0 fully saturated rings. The highest BCUT2D eigenvalue weighted by Crippen LogP contribution is 2.27. The van der Waals surface area contributed by atoms with E-state index in [9.17, 15) is 13.6 Å². The van der Waals surface area contributed by atoms with E-state index in [0.29, 0.717) is 0 Å². The summed E-state index contributed by atoms with van der Waals surface area (Å²) in [5.74, 6) is -1.36. The van der Waals surface area contributed by atoms with Crippen LogP contribution in [0.1, 0.15) is 23.4 Å². The van der Waals surface area contributed by atoms with Gasteiger partial charge in [-0.15, -0.1) is 11.6 Å². The number of carbonyl (C=O) groups is 1. The summed E-state index contributed by atoms with van der Waals surface area (Å²) >= 11 is 11.1. The molecule has 0 aliphatic carbocycles. The van der Waals surface area contributed by atoms with Gasteiger partial charge in [-0.1, -0.05) is 11.6 Å². The zero-order chi connectivity index (χ0) is 12.3. The van der Waals surface area contributed by atoms with Gasteiger partial charge in [-0.05, 0) is 6.07 Å². The number of carboxylic acids is 1. The van der Waals surface area contributed by atoms with Crippen LogP contribution in [0.5, 0.6) is 0 Å². The van der Waals surface area contributed by atoms with Gasteiger partial charge in [-0.2, -0.15) is 0 Å². The quantitative estimate of drug-likeness (QED) is 0.855. The molecule has 0 spiro atoms. The van der Waals surface area contributed by atoms with Crippen LogP contribution < -0.4 is 0 Å². The molecule has 0 aromatic carbocycles. The molecule has 88 valence electrons. The Morgan fingerprint density at radius 3 is 2.56 bits per heavy atom. The van der Waals surface area contributed by atoms with Crippen LogP contribution >= 0.6 is 23.2 Å². The molecule has 7 heteroatoms. The average molecular weight is 270 g/mol. The minimum Gasteiger partial charge on any atom is -0.481 e. The standard InChI is InChI=1S/C9H7Cl2F2NO2/c10-3-7-4(9(12)13)1-5(11)6(14-7)2-8(15)16/h1,9H,2-3H2,(H,15,16). The van der Waals surface area contributed by atoms with E-state index in [1.54, 1.807) is 0 Å². The monoisotopic (exact) mass is 269 g/mol. The van der Waals surface area contributed by atoms with Crippen LogP contribution in [0.25, 0.3) is 0 Å². The third kappa shape index (κ3) is 3.02. The van der Waals surface area contributed by atoms with E-state index in [4.69, 9.17) is 28.3 Å². The second-order valence-electron chi connectivity index (χ2n) is 2.96. The smallest absolute Gasteiger partial charge is 0.309 e. The van der Waals surface area contributed by atoms with E-state index in [0.717, 1.165) is 6.07 Å². The lowest BCUT2D eigenvalue weighted by atomic mass is 10.1. The fourth-order valence-electron chi connectivity index (χ4n) is 1.15. The van der Waals surface area contributed by atoms with Gasteiger partial charge in [0.05, 0.1) is 28.7 Å². The molecule has 0 saturated heterocycles. The summed E-state index contributed by atoms with van der Waals surface area (Å²) < 4.78 is 25.0. The third-order valence-corrected chi connectivity index (χ3v) is 2.42. The number of alkyl halides is 3. The van der Waals surface area contributed by atoms with Crippen molar-refractivity contribution in [3.05, 3.63) is 28.0 Å². The Bertz CT molecular complexity index is 413. The number of hydrogen-bond acceptors (Lipinski definition) is 2. The predicted molar refractivity (Wildman–Crippen MR) is 55.1 cm³/mol. The zero-order valence-electron chi connectivity index (χ0n) is 7.88. The third-order valence-electron chi connectivity index (χ3n) is 1.84. The summed E-state index contributed by atoms with van der Waals surface area (Å²) in [5.41, 5.74) is -0.374. The lowest BCUT2D eigenvalue weighted by Gasteiger charge is -2.09. The summed E-state index contributed by atoms with van der Waals surface area (Å²) in [7, 11) is 0. The SMILES string of the molecule is O=C(O)Cc1nc(CCl)c(C(F)F)cc1Cl. The molecule has 0 unspecified atom stereocenters. The van der Waals surface area contributed by atoms with Crippen LogP contribution in [0.2, 0.25) is 5.02 Å². The van der Waals surface area contributed by atoms with Crippen molar-refractivity contribution >= 4 is 29.2 Å². The van der Waals surface area contributed by atoms with Crippen molar-refractivity contribution in [2.45, 2.75) is 18.7 Å². The normalized spacial score (nSPS) is 10.8. The second-order valence-corrected chi connectivity index (χ2v) is 3.63. The van der Waals surface area contributed by atoms with Crippen molar-refractivity contribution in [3.63, 3.8) is 0 Å². The molecule has 0 aliphatic rings. The molecule has 1 heterocycles. The maximum absolute atomic E-state index is 12.5. The van der Waals surface area contributed by atoms with Crippen LogP contribution in [0.15, 0.2) is 6.07 Å². The summed E-state index contributed by atoms with van der Waals surface area (Å²) in [5, 5.41) is 8.46. The van der Waals surface area contributed by atoms with Gasteiger partial charge in [-0.3, -0.25) is 9.78 Å². The van der Waals surface area contributed by atoms with Crippen molar-refractivity contribution in [1.29, 1.82) is 0 Å². The maximum Gasteiger partial charge on any atom is 0.309 e. The van der Waals surface area contributed by atoms with E-state index in [-0.39, 0.29) is 27.9 Å². The number of pyridine rings is 1. The molecule has 0 saturated carbocycles. The number of halogens is 4.